The van der Waals surface area contributed by atoms with Gasteiger partial charge < -0.3 is 26.0 Å². The number of nitrogens with two attached hydrogens (primary N) is 1. The molecular formula is C24H22Cl2N2O4. The SMILES string of the molecule is Nc1cc(Cl)c(C(O)C(O)CNC(=O)OCC2c3ccccc3-c3ccccc32)c(Cl)c1. The highest BCUT2D eigenvalue weighted by atomic mass is 35.5. The van der Waals surface area contributed by atoms with Crippen molar-refractivity contribution in [2.24, 2.45) is 0 Å². The average Bonchev–Trinajstić information content (AvgIpc) is 3.09. The van der Waals surface area contributed by atoms with Crippen LogP contribution in [0.4, 0.5) is 10.5 Å². The van der Waals surface area contributed by atoms with Crippen molar-refractivity contribution in [1.82, 2.24) is 5.32 Å². The molecule has 1 amide bonds. The Hall–Kier alpha value is -2.77. The van der Waals surface area contributed by atoms with E-state index in [1.165, 1.54) is 12.1 Å². The van der Waals surface area contributed by atoms with Crippen molar-refractivity contribution in [2.75, 3.05) is 18.9 Å². The van der Waals surface area contributed by atoms with Crippen molar-refractivity contribution in [3.63, 3.8) is 0 Å². The number of anilines is 1. The molecule has 166 valence electrons. The third-order valence-corrected chi connectivity index (χ3v) is 6.19. The summed E-state index contributed by atoms with van der Waals surface area (Å²) in [5.74, 6) is -0.0731. The highest BCUT2D eigenvalue weighted by Gasteiger charge is 2.29. The summed E-state index contributed by atoms with van der Waals surface area (Å²) in [6.45, 7) is -0.108. The van der Waals surface area contributed by atoms with E-state index >= 15 is 0 Å². The number of fused-ring (bicyclic) bond motifs is 3. The molecule has 2 unspecified atom stereocenters. The minimum atomic E-state index is -1.41. The summed E-state index contributed by atoms with van der Waals surface area (Å²) in [6.07, 6.45) is -3.47. The first-order valence-electron chi connectivity index (χ1n) is 10.1. The number of carbonyl (C=O) groups is 1. The predicted octanol–water partition coefficient (Wildman–Crippen LogP) is 4.51. The molecule has 0 fully saturated rings. The van der Waals surface area contributed by atoms with Crippen molar-refractivity contribution < 1.29 is 19.7 Å². The molecule has 0 radical (unpaired) electrons. The quantitative estimate of drug-likeness (QED) is 0.395. The zero-order valence-electron chi connectivity index (χ0n) is 17.0. The smallest absolute Gasteiger partial charge is 0.407 e. The second-order valence-corrected chi connectivity index (χ2v) is 8.43. The first-order valence-corrected chi connectivity index (χ1v) is 10.8. The van der Waals surface area contributed by atoms with Crippen molar-refractivity contribution in [3.8, 4) is 11.1 Å². The van der Waals surface area contributed by atoms with E-state index in [2.05, 4.69) is 17.4 Å². The lowest BCUT2D eigenvalue weighted by Gasteiger charge is -2.21. The first-order chi connectivity index (χ1) is 15.4. The van der Waals surface area contributed by atoms with Gasteiger partial charge in [0.05, 0.1) is 0 Å². The Labute approximate surface area is 195 Å². The number of benzene rings is 3. The monoisotopic (exact) mass is 472 g/mol. The van der Waals surface area contributed by atoms with Crippen LogP contribution in [-0.4, -0.2) is 35.6 Å². The average molecular weight is 473 g/mol. The fourth-order valence-electron chi connectivity index (χ4n) is 4.03. The Bertz CT molecular complexity index is 1090. The highest BCUT2D eigenvalue weighted by Crippen LogP contribution is 2.44. The van der Waals surface area contributed by atoms with Gasteiger partial charge in [-0.15, -0.1) is 0 Å². The fraction of sp³-hybridized carbons (Fsp3) is 0.208. The van der Waals surface area contributed by atoms with Crippen LogP contribution in [0.15, 0.2) is 60.7 Å². The molecule has 6 nitrogen and oxygen atoms in total. The Morgan fingerprint density at radius 2 is 1.53 bits per heavy atom. The molecule has 0 aliphatic heterocycles. The summed E-state index contributed by atoms with van der Waals surface area (Å²) < 4.78 is 5.43. The van der Waals surface area contributed by atoms with Gasteiger partial charge in [-0.05, 0) is 34.4 Å². The number of aliphatic hydroxyl groups is 2. The molecule has 0 saturated carbocycles. The lowest BCUT2D eigenvalue weighted by Crippen LogP contribution is -2.36. The molecule has 1 aliphatic rings. The molecule has 8 heteroatoms. The van der Waals surface area contributed by atoms with Crippen molar-refractivity contribution >= 4 is 35.0 Å². The van der Waals surface area contributed by atoms with Crippen LogP contribution in [0, 0.1) is 0 Å². The number of alkyl carbamates (subject to hydrolysis) is 1. The van der Waals surface area contributed by atoms with Gasteiger partial charge in [0.1, 0.15) is 18.8 Å². The van der Waals surface area contributed by atoms with Gasteiger partial charge in [0, 0.05) is 33.8 Å². The first kappa shape index (κ1) is 22.4. The van der Waals surface area contributed by atoms with Crippen LogP contribution in [0.3, 0.4) is 0 Å². The van der Waals surface area contributed by atoms with Gasteiger partial charge in [-0.3, -0.25) is 0 Å². The molecule has 0 aromatic heterocycles. The van der Waals surface area contributed by atoms with Crippen LogP contribution in [-0.2, 0) is 4.74 Å². The van der Waals surface area contributed by atoms with E-state index in [0.29, 0.717) is 5.69 Å². The summed E-state index contributed by atoms with van der Waals surface area (Å²) >= 11 is 12.2. The van der Waals surface area contributed by atoms with Gasteiger partial charge in [0.2, 0.25) is 0 Å². The number of nitrogen functional groups attached to an aromatic ring is 1. The molecule has 0 heterocycles. The predicted molar refractivity (Wildman–Crippen MR) is 125 cm³/mol. The third kappa shape index (κ3) is 4.40. The standard InChI is InChI=1S/C24H22Cl2N2O4/c25-19-9-13(27)10-20(26)22(19)23(30)21(29)11-28-24(31)32-12-18-16-7-3-1-5-14(16)15-6-2-4-8-17(15)18/h1-10,18,21,23,29-30H,11-12,27H2,(H,28,31). The second-order valence-electron chi connectivity index (χ2n) is 7.62. The zero-order valence-corrected chi connectivity index (χ0v) is 18.5. The maximum atomic E-state index is 12.3. The third-order valence-electron chi connectivity index (χ3n) is 5.56. The molecule has 3 aromatic carbocycles. The Balaban J connectivity index is 1.36. The number of nitrogens with one attached hydrogen (secondary N) is 1. The van der Waals surface area contributed by atoms with Crippen LogP contribution < -0.4 is 11.1 Å². The van der Waals surface area contributed by atoms with E-state index in [1.807, 2.05) is 36.4 Å². The van der Waals surface area contributed by atoms with E-state index in [4.69, 9.17) is 33.7 Å². The number of hydrogen-bond acceptors (Lipinski definition) is 5. The Kier molecular flexibility index (Phi) is 6.58. The van der Waals surface area contributed by atoms with E-state index < -0.39 is 18.3 Å². The fourth-order valence-corrected chi connectivity index (χ4v) is 4.76. The van der Waals surface area contributed by atoms with Crippen molar-refractivity contribution in [3.05, 3.63) is 87.4 Å². The molecule has 32 heavy (non-hydrogen) atoms. The molecule has 4 rings (SSSR count). The van der Waals surface area contributed by atoms with Gasteiger partial charge in [-0.1, -0.05) is 71.7 Å². The maximum absolute atomic E-state index is 12.3. The van der Waals surface area contributed by atoms with Crippen LogP contribution in [0.1, 0.15) is 28.7 Å². The molecular weight excluding hydrogens is 451 g/mol. The van der Waals surface area contributed by atoms with E-state index in [-0.39, 0.29) is 34.7 Å². The van der Waals surface area contributed by atoms with Crippen LogP contribution >= 0.6 is 23.2 Å². The summed E-state index contributed by atoms with van der Waals surface area (Å²) in [4.78, 5) is 12.3. The topological polar surface area (TPSA) is 105 Å². The number of aliphatic hydroxyl groups excluding tert-OH is 2. The van der Waals surface area contributed by atoms with Gasteiger partial charge in [0.15, 0.2) is 0 Å². The largest absolute Gasteiger partial charge is 0.449 e. The molecule has 0 saturated heterocycles. The summed E-state index contributed by atoms with van der Waals surface area (Å²) in [6, 6.07) is 18.9. The molecule has 2 atom stereocenters. The lowest BCUT2D eigenvalue weighted by molar-refractivity contribution is 0.0187. The zero-order chi connectivity index (χ0) is 22.8. The summed E-state index contributed by atoms with van der Waals surface area (Å²) in [5, 5.41) is 23.5. The van der Waals surface area contributed by atoms with Crippen LogP contribution in [0.25, 0.3) is 11.1 Å². The minimum Gasteiger partial charge on any atom is -0.449 e. The van der Waals surface area contributed by atoms with Gasteiger partial charge in [-0.2, -0.15) is 0 Å². The van der Waals surface area contributed by atoms with Crippen LogP contribution in [0.2, 0.25) is 10.0 Å². The number of hydrogen-bond donors (Lipinski definition) is 4. The summed E-state index contributed by atoms with van der Waals surface area (Å²) in [5.41, 5.74) is 10.6. The molecule has 3 aromatic rings. The Morgan fingerprint density at radius 1 is 1.00 bits per heavy atom. The number of rotatable bonds is 6. The van der Waals surface area contributed by atoms with Crippen molar-refractivity contribution in [2.45, 2.75) is 18.1 Å². The lowest BCUT2D eigenvalue weighted by atomic mass is 9.98. The molecule has 1 aliphatic carbocycles. The number of amides is 1. The van der Waals surface area contributed by atoms with Gasteiger partial charge in [0.25, 0.3) is 0 Å². The minimum absolute atomic E-state index is 0.0731. The number of ether oxygens (including phenoxy) is 1. The maximum Gasteiger partial charge on any atom is 0.407 e. The van der Waals surface area contributed by atoms with Gasteiger partial charge >= 0.3 is 6.09 Å². The highest BCUT2D eigenvalue weighted by molar-refractivity contribution is 6.36. The number of carbonyl (C=O) groups excluding carboxylic acids is 1. The van der Waals surface area contributed by atoms with E-state index in [0.717, 1.165) is 22.3 Å². The normalized spacial score (nSPS) is 14.4. The van der Waals surface area contributed by atoms with Gasteiger partial charge in [-0.25, -0.2) is 4.79 Å². The van der Waals surface area contributed by atoms with E-state index in [9.17, 15) is 15.0 Å². The van der Waals surface area contributed by atoms with E-state index in [1.54, 1.807) is 0 Å². The molecule has 0 bridgehead atoms. The number of halogens is 2. The second kappa shape index (κ2) is 9.38. The van der Waals surface area contributed by atoms with Crippen LogP contribution in [0.5, 0.6) is 0 Å². The molecule has 5 N–H and O–H groups in total. The Morgan fingerprint density at radius 3 is 2.09 bits per heavy atom. The molecule has 0 spiro atoms. The summed E-state index contributed by atoms with van der Waals surface area (Å²) in [7, 11) is 0. The van der Waals surface area contributed by atoms with Crippen molar-refractivity contribution in [1.29, 1.82) is 0 Å².